The molecule has 0 aromatic rings. The molecule has 0 aliphatic rings. The van der Waals surface area contributed by atoms with Crippen LogP contribution >= 0.6 is 0 Å². The monoisotopic (exact) mass is 127 g/mol. The minimum absolute atomic E-state index is 1.11. The Morgan fingerprint density at radius 2 is 1.56 bits per heavy atom. The zero-order valence-corrected chi connectivity index (χ0v) is 6.72. The first-order valence-corrected chi connectivity index (χ1v) is 3.63. The van der Waals surface area contributed by atoms with Crippen LogP contribution in [-0.2, 0) is 0 Å². The Hall–Kier alpha value is -0.0400. The van der Waals surface area contributed by atoms with E-state index >= 15 is 0 Å². The lowest BCUT2D eigenvalue weighted by atomic mass is 10.3. The Bertz CT molecular complexity index is 46.5. The number of rotatable bonds is 5. The maximum absolute atomic E-state index is 2.38. The van der Waals surface area contributed by atoms with Gasteiger partial charge in [-0.2, -0.15) is 0 Å². The summed E-state index contributed by atoms with van der Waals surface area (Å²) in [5.41, 5.74) is 0. The van der Waals surface area contributed by atoms with Gasteiger partial charge in [-0.15, -0.1) is 0 Å². The van der Waals surface area contributed by atoms with Crippen molar-refractivity contribution in [3.05, 3.63) is 12.8 Å². The van der Waals surface area contributed by atoms with Gasteiger partial charge >= 0.3 is 0 Å². The van der Waals surface area contributed by atoms with Crippen molar-refractivity contribution in [2.45, 2.75) is 20.8 Å². The van der Waals surface area contributed by atoms with Crippen molar-refractivity contribution in [2.24, 2.45) is 0 Å². The van der Waals surface area contributed by atoms with Gasteiger partial charge in [-0.05, 0) is 19.4 Å². The third-order valence-electron chi connectivity index (χ3n) is 1.33. The molecule has 0 rings (SSSR count). The molecule has 0 aromatic carbocycles. The molecular weight excluding hydrogens is 110 g/mol. The van der Waals surface area contributed by atoms with Crippen LogP contribution in [-0.4, -0.2) is 24.5 Å². The maximum Gasteiger partial charge on any atom is 0.00100 e. The highest BCUT2D eigenvalue weighted by atomic mass is 15.1. The molecule has 0 amide bonds. The van der Waals surface area contributed by atoms with E-state index in [9.17, 15) is 0 Å². The summed E-state index contributed by atoms with van der Waals surface area (Å²) in [6.45, 7) is 9.75. The largest absolute Gasteiger partial charge is 0.303 e. The van der Waals surface area contributed by atoms with E-state index in [1.165, 1.54) is 0 Å². The fourth-order valence-corrected chi connectivity index (χ4v) is 0.849. The van der Waals surface area contributed by atoms with Gasteiger partial charge in [0.05, 0.1) is 0 Å². The number of nitrogens with zero attached hydrogens (tertiary/aromatic N) is 1. The minimum atomic E-state index is 1.11. The van der Waals surface area contributed by atoms with Crippen LogP contribution in [0.3, 0.4) is 0 Å². The second kappa shape index (κ2) is 6.09. The molecule has 1 nitrogen and oxygen atoms in total. The van der Waals surface area contributed by atoms with Crippen molar-refractivity contribution in [1.82, 2.24) is 4.90 Å². The highest BCUT2D eigenvalue weighted by molar-refractivity contribution is 4.69. The van der Waals surface area contributed by atoms with Crippen LogP contribution in [0.2, 0.25) is 0 Å². The lowest BCUT2D eigenvalue weighted by Crippen LogP contribution is -2.25. The second-order valence-electron chi connectivity index (χ2n) is 2.17. The van der Waals surface area contributed by atoms with Gasteiger partial charge in [0.25, 0.3) is 0 Å². The molecule has 0 aliphatic carbocycles. The lowest BCUT2D eigenvalue weighted by molar-refractivity contribution is 0.335. The Morgan fingerprint density at radius 1 is 1.11 bits per heavy atom. The van der Waals surface area contributed by atoms with E-state index in [0.717, 1.165) is 19.6 Å². The molecule has 0 unspecified atom stereocenters. The summed E-state index contributed by atoms with van der Waals surface area (Å²) in [6, 6.07) is 0. The van der Waals surface area contributed by atoms with Crippen LogP contribution in [0.25, 0.3) is 0 Å². The molecular formula is C8H17N. The summed E-state index contributed by atoms with van der Waals surface area (Å²) < 4.78 is 0. The van der Waals surface area contributed by atoms with Crippen LogP contribution in [0.5, 0.6) is 0 Å². The first kappa shape index (κ1) is 8.96. The van der Waals surface area contributed by atoms with Crippen LogP contribution in [0, 0.1) is 12.8 Å². The predicted molar refractivity (Wildman–Crippen MR) is 42.1 cm³/mol. The average Bonchev–Trinajstić information content (AvgIpc) is 1.88. The summed E-state index contributed by atoms with van der Waals surface area (Å²) >= 11 is 0. The highest BCUT2D eigenvalue weighted by Gasteiger charge is 1.96. The zero-order chi connectivity index (χ0) is 7.11. The molecule has 1 heteroatoms. The van der Waals surface area contributed by atoms with Crippen LogP contribution in [0.4, 0.5) is 0 Å². The van der Waals surface area contributed by atoms with Gasteiger partial charge < -0.3 is 4.90 Å². The van der Waals surface area contributed by atoms with Crippen molar-refractivity contribution < 1.29 is 0 Å². The van der Waals surface area contributed by atoms with Crippen molar-refractivity contribution in [1.29, 1.82) is 0 Å². The SMILES string of the molecule is C[CH]CN(CC)C[CH]C. The lowest BCUT2D eigenvalue weighted by Gasteiger charge is -2.17. The van der Waals surface area contributed by atoms with Crippen LogP contribution < -0.4 is 0 Å². The molecule has 0 N–H and O–H groups in total. The molecule has 0 spiro atoms. The average molecular weight is 127 g/mol. The fraction of sp³-hybridized carbons (Fsp3) is 0.750. The first-order chi connectivity index (χ1) is 4.35. The van der Waals surface area contributed by atoms with Crippen molar-refractivity contribution in [3.63, 3.8) is 0 Å². The highest BCUT2D eigenvalue weighted by Crippen LogP contribution is 1.90. The molecule has 0 bridgehead atoms. The van der Waals surface area contributed by atoms with E-state index < -0.39 is 0 Å². The van der Waals surface area contributed by atoms with Crippen molar-refractivity contribution in [3.8, 4) is 0 Å². The normalized spacial score (nSPS) is 10.7. The molecule has 0 aromatic heterocycles. The molecule has 54 valence electrons. The predicted octanol–water partition coefficient (Wildman–Crippen LogP) is 1.76. The summed E-state index contributed by atoms with van der Waals surface area (Å²) in [4.78, 5) is 2.38. The van der Waals surface area contributed by atoms with E-state index in [1.54, 1.807) is 0 Å². The number of hydrogen-bond acceptors (Lipinski definition) is 1. The van der Waals surface area contributed by atoms with Gasteiger partial charge in [0, 0.05) is 13.1 Å². The molecule has 0 saturated carbocycles. The quantitative estimate of drug-likeness (QED) is 0.544. The standard InChI is InChI=1S/C8H17N/c1-4-7-9(6-3)8-5-2/h4-5H,6-8H2,1-3H3. The molecule has 0 heterocycles. The van der Waals surface area contributed by atoms with E-state index in [0.29, 0.717) is 0 Å². The Balaban J connectivity index is 3.18. The van der Waals surface area contributed by atoms with Gasteiger partial charge in [-0.1, -0.05) is 20.8 Å². The zero-order valence-electron chi connectivity index (χ0n) is 6.72. The minimum Gasteiger partial charge on any atom is -0.303 e. The molecule has 0 atom stereocenters. The summed E-state index contributed by atoms with van der Waals surface area (Å²) in [7, 11) is 0. The molecule has 0 aliphatic heterocycles. The first-order valence-electron chi connectivity index (χ1n) is 3.63. The van der Waals surface area contributed by atoms with Gasteiger partial charge in [0.1, 0.15) is 0 Å². The van der Waals surface area contributed by atoms with Crippen LogP contribution in [0.15, 0.2) is 0 Å². The Labute approximate surface area is 59.1 Å². The molecule has 2 radical (unpaired) electrons. The van der Waals surface area contributed by atoms with Gasteiger partial charge in [-0.3, -0.25) is 0 Å². The fourth-order valence-electron chi connectivity index (χ4n) is 0.849. The van der Waals surface area contributed by atoms with E-state index in [1.807, 2.05) is 0 Å². The van der Waals surface area contributed by atoms with Crippen molar-refractivity contribution in [2.75, 3.05) is 19.6 Å². The van der Waals surface area contributed by atoms with Gasteiger partial charge in [-0.25, -0.2) is 0 Å². The smallest absolute Gasteiger partial charge is 0.00100 e. The summed E-state index contributed by atoms with van der Waals surface area (Å²) in [5, 5.41) is 0. The Morgan fingerprint density at radius 3 is 1.78 bits per heavy atom. The van der Waals surface area contributed by atoms with Crippen molar-refractivity contribution >= 4 is 0 Å². The summed E-state index contributed by atoms with van der Waals surface area (Å²) in [6.07, 6.45) is 4.38. The van der Waals surface area contributed by atoms with Gasteiger partial charge in [0.15, 0.2) is 0 Å². The maximum atomic E-state index is 2.38. The van der Waals surface area contributed by atoms with Crippen LogP contribution in [0.1, 0.15) is 20.8 Å². The summed E-state index contributed by atoms with van der Waals surface area (Å²) in [5.74, 6) is 0. The van der Waals surface area contributed by atoms with E-state index in [2.05, 4.69) is 38.5 Å². The molecule has 0 fully saturated rings. The number of hydrogen-bond donors (Lipinski definition) is 0. The second-order valence-corrected chi connectivity index (χ2v) is 2.17. The molecule has 0 saturated heterocycles. The third-order valence-corrected chi connectivity index (χ3v) is 1.33. The molecule has 9 heavy (non-hydrogen) atoms. The third kappa shape index (κ3) is 4.46. The Kier molecular flexibility index (Phi) is 6.06. The van der Waals surface area contributed by atoms with E-state index in [4.69, 9.17) is 0 Å². The van der Waals surface area contributed by atoms with E-state index in [-0.39, 0.29) is 0 Å². The topological polar surface area (TPSA) is 3.24 Å². The van der Waals surface area contributed by atoms with Gasteiger partial charge in [0.2, 0.25) is 0 Å².